The van der Waals surface area contributed by atoms with E-state index in [1.165, 1.54) is 5.56 Å². The molecule has 1 N–H and O–H groups in total. The minimum atomic E-state index is -0.145. The van der Waals surface area contributed by atoms with Crippen molar-refractivity contribution in [1.29, 1.82) is 0 Å². The van der Waals surface area contributed by atoms with Gasteiger partial charge in [0.15, 0.2) is 0 Å². The molecule has 2 atom stereocenters. The molecule has 0 aliphatic carbocycles. The Morgan fingerprint density at radius 3 is 2.57 bits per heavy atom. The zero-order valence-electron chi connectivity index (χ0n) is 18.3. The molecule has 1 aliphatic heterocycles. The largest absolute Gasteiger partial charge is 0.354 e. The first kappa shape index (κ1) is 22.5. The Morgan fingerprint density at radius 2 is 1.93 bits per heavy atom. The maximum atomic E-state index is 13.0. The summed E-state index contributed by atoms with van der Waals surface area (Å²) in [6.45, 7) is 10.0. The lowest BCUT2D eigenvalue weighted by atomic mass is 9.96. The van der Waals surface area contributed by atoms with Crippen molar-refractivity contribution in [3.63, 3.8) is 0 Å². The van der Waals surface area contributed by atoms with Gasteiger partial charge in [0.2, 0.25) is 5.91 Å². The molecule has 0 radical (unpaired) electrons. The molecule has 1 saturated heterocycles. The van der Waals surface area contributed by atoms with E-state index in [0.29, 0.717) is 25.2 Å². The fraction of sp³-hybridized carbons (Fsp3) is 0.500. The van der Waals surface area contributed by atoms with E-state index in [9.17, 15) is 9.59 Å². The molecular weight excluding hydrogens is 394 g/mol. The highest BCUT2D eigenvalue weighted by Crippen LogP contribution is 2.23. The van der Waals surface area contributed by atoms with Gasteiger partial charge in [-0.25, -0.2) is 0 Å². The van der Waals surface area contributed by atoms with Crippen molar-refractivity contribution in [2.75, 3.05) is 32.7 Å². The summed E-state index contributed by atoms with van der Waals surface area (Å²) in [5, 5.41) is 7.43. The van der Waals surface area contributed by atoms with Crippen molar-refractivity contribution in [3.8, 4) is 0 Å². The van der Waals surface area contributed by atoms with Crippen LogP contribution < -0.4 is 5.32 Å². The Kier molecular flexibility index (Phi) is 8.05. The van der Waals surface area contributed by atoms with Crippen LogP contribution in [0.25, 0.3) is 0 Å². The molecule has 30 heavy (non-hydrogen) atoms. The number of likely N-dealkylation sites (tertiary alicyclic amines) is 1. The molecule has 162 valence electrons. The van der Waals surface area contributed by atoms with Crippen LogP contribution in [0.1, 0.15) is 54.2 Å². The molecule has 1 aromatic carbocycles. The fourth-order valence-electron chi connectivity index (χ4n) is 4.18. The molecule has 1 aliphatic rings. The number of hydrogen-bond acceptors (Lipinski definition) is 4. The lowest BCUT2D eigenvalue weighted by Crippen LogP contribution is -2.47. The van der Waals surface area contributed by atoms with Crippen LogP contribution in [0.5, 0.6) is 0 Å². The van der Waals surface area contributed by atoms with Crippen LogP contribution in [0.4, 0.5) is 0 Å². The maximum Gasteiger partial charge on any atom is 0.253 e. The van der Waals surface area contributed by atoms with Crippen LogP contribution in [-0.2, 0) is 4.79 Å². The highest BCUT2D eigenvalue weighted by Gasteiger charge is 2.29. The molecule has 2 aromatic rings. The van der Waals surface area contributed by atoms with E-state index in [2.05, 4.69) is 40.9 Å². The number of nitrogens with one attached hydrogen (secondary N) is 1. The van der Waals surface area contributed by atoms with Gasteiger partial charge in [-0.2, -0.15) is 11.3 Å². The van der Waals surface area contributed by atoms with Crippen molar-refractivity contribution in [2.45, 2.75) is 39.7 Å². The number of carbonyl (C=O) groups is 2. The van der Waals surface area contributed by atoms with E-state index >= 15 is 0 Å². The number of carbonyl (C=O) groups excluding carboxylic acids is 2. The molecule has 0 spiro atoms. The van der Waals surface area contributed by atoms with Gasteiger partial charge in [0.05, 0.1) is 12.0 Å². The van der Waals surface area contributed by atoms with Crippen LogP contribution in [0, 0.1) is 12.8 Å². The van der Waals surface area contributed by atoms with Gasteiger partial charge in [0.25, 0.3) is 5.91 Å². The van der Waals surface area contributed by atoms with E-state index in [-0.39, 0.29) is 23.8 Å². The predicted octanol–water partition coefficient (Wildman–Crippen LogP) is 4.11. The van der Waals surface area contributed by atoms with Crippen molar-refractivity contribution >= 4 is 23.2 Å². The number of rotatable bonds is 8. The highest BCUT2D eigenvalue weighted by molar-refractivity contribution is 7.07. The molecule has 0 bridgehead atoms. The van der Waals surface area contributed by atoms with E-state index in [0.717, 1.165) is 31.5 Å². The van der Waals surface area contributed by atoms with Crippen molar-refractivity contribution < 1.29 is 9.59 Å². The van der Waals surface area contributed by atoms with Crippen molar-refractivity contribution in [1.82, 2.24) is 15.1 Å². The molecule has 1 fully saturated rings. The van der Waals surface area contributed by atoms with Gasteiger partial charge in [0, 0.05) is 25.2 Å². The summed E-state index contributed by atoms with van der Waals surface area (Å²) < 4.78 is 0. The quantitative estimate of drug-likeness (QED) is 0.690. The summed E-state index contributed by atoms with van der Waals surface area (Å²) in [5.41, 5.74) is 3.08. The number of likely N-dealkylation sites (N-methyl/N-ethyl adjacent to an activating group) is 1. The molecule has 1 aromatic heterocycles. The summed E-state index contributed by atoms with van der Waals surface area (Å²) in [6, 6.07) is 9.98. The second-order valence-electron chi connectivity index (χ2n) is 8.00. The third-order valence-electron chi connectivity index (χ3n) is 6.03. The minimum absolute atomic E-state index is 0.0202. The Morgan fingerprint density at radius 1 is 1.20 bits per heavy atom. The van der Waals surface area contributed by atoms with E-state index in [4.69, 9.17) is 0 Å². The second kappa shape index (κ2) is 10.7. The van der Waals surface area contributed by atoms with Gasteiger partial charge < -0.3 is 10.2 Å². The molecular formula is C24H33N3O2S. The van der Waals surface area contributed by atoms with E-state index in [1.807, 2.05) is 36.1 Å². The summed E-state index contributed by atoms with van der Waals surface area (Å²) >= 11 is 1.69. The van der Waals surface area contributed by atoms with Crippen molar-refractivity contribution in [3.05, 3.63) is 57.8 Å². The zero-order valence-corrected chi connectivity index (χ0v) is 19.1. The van der Waals surface area contributed by atoms with Gasteiger partial charge in [-0.3, -0.25) is 14.5 Å². The van der Waals surface area contributed by atoms with Gasteiger partial charge in [-0.1, -0.05) is 31.5 Å². The molecule has 0 saturated carbocycles. The zero-order chi connectivity index (χ0) is 21.5. The Bertz CT molecular complexity index is 815. The lowest BCUT2D eigenvalue weighted by molar-refractivity contribution is -0.126. The van der Waals surface area contributed by atoms with Crippen LogP contribution in [-0.4, -0.2) is 54.3 Å². The Hall–Kier alpha value is -2.18. The number of thiophene rings is 1. The Labute approximate surface area is 184 Å². The van der Waals surface area contributed by atoms with Gasteiger partial charge in [0.1, 0.15) is 0 Å². The molecule has 2 heterocycles. The third kappa shape index (κ3) is 5.49. The fourth-order valence-corrected chi connectivity index (χ4v) is 4.89. The first-order valence-electron chi connectivity index (χ1n) is 10.9. The number of aryl methyl sites for hydroxylation is 1. The van der Waals surface area contributed by atoms with Gasteiger partial charge >= 0.3 is 0 Å². The number of benzene rings is 1. The topological polar surface area (TPSA) is 52.7 Å². The van der Waals surface area contributed by atoms with E-state index < -0.39 is 0 Å². The normalized spacial score (nSPS) is 17.7. The summed E-state index contributed by atoms with van der Waals surface area (Å²) in [7, 11) is 0. The average Bonchev–Trinajstić information content (AvgIpc) is 3.31. The number of hydrogen-bond donors (Lipinski definition) is 1. The first-order chi connectivity index (χ1) is 14.5. The highest BCUT2D eigenvalue weighted by atomic mass is 32.1. The second-order valence-corrected chi connectivity index (χ2v) is 8.78. The van der Waals surface area contributed by atoms with Gasteiger partial charge in [-0.05, 0) is 67.4 Å². The number of amides is 2. The van der Waals surface area contributed by atoms with Gasteiger partial charge in [-0.15, -0.1) is 0 Å². The number of piperidine rings is 1. The summed E-state index contributed by atoms with van der Waals surface area (Å²) in [4.78, 5) is 30.0. The van der Waals surface area contributed by atoms with Crippen molar-refractivity contribution in [2.24, 2.45) is 5.92 Å². The molecule has 2 unspecified atom stereocenters. The average molecular weight is 428 g/mol. The summed E-state index contributed by atoms with van der Waals surface area (Å²) in [6.07, 6.45) is 1.69. The smallest absolute Gasteiger partial charge is 0.253 e. The first-order valence-corrected chi connectivity index (χ1v) is 11.9. The van der Waals surface area contributed by atoms with E-state index in [1.54, 1.807) is 11.3 Å². The molecule has 3 rings (SSSR count). The lowest BCUT2D eigenvalue weighted by Gasteiger charge is -2.33. The Balaban J connectivity index is 1.60. The maximum absolute atomic E-state index is 13.0. The van der Waals surface area contributed by atoms with Crippen LogP contribution in [0.3, 0.4) is 0 Å². The molecule has 2 amide bonds. The minimum Gasteiger partial charge on any atom is -0.354 e. The molecule has 6 heteroatoms. The SMILES string of the molecule is CCN(CC)C(CNC(=O)C1CCCN(C(=O)c2ccc(C)cc2)C1)c1ccsc1. The van der Waals surface area contributed by atoms with Crippen LogP contribution in [0.15, 0.2) is 41.1 Å². The third-order valence-corrected chi connectivity index (χ3v) is 6.73. The monoisotopic (exact) mass is 427 g/mol. The van der Waals surface area contributed by atoms with Crippen LogP contribution in [0.2, 0.25) is 0 Å². The number of nitrogens with zero attached hydrogens (tertiary/aromatic N) is 2. The van der Waals surface area contributed by atoms with Crippen LogP contribution >= 0.6 is 11.3 Å². The predicted molar refractivity (Wildman–Crippen MR) is 123 cm³/mol. The summed E-state index contributed by atoms with van der Waals surface area (Å²) in [5.74, 6) is -0.0661. The standard InChI is InChI=1S/C24H33N3O2S/c1-4-26(5-2)22(21-12-14-30-17-21)15-25-23(28)20-7-6-13-27(16-20)24(29)19-10-8-18(3)9-11-19/h8-12,14,17,20,22H,4-7,13,15-16H2,1-3H3,(H,25,28). The molecule has 5 nitrogen and oxygen atoms in total.